The molecule has 0 aromatic heterocycles. The quantitative estimate of drug-likeness (QED) is 0.729. The Balaban J connectivity index is 2.23. The molecule has 0 atom stereocenters. The Hall–Kier alpha value is -0.820. The molecule has 0 fully saturated rings. The molecule has 0 saturated carbocycles. The third-order valence-electron chi connectivity index (χ3n) is 3.19. The van der Waals surface area contributed by atoms with Crippen molar-refractivity contribution < 1.29 is 0 Å². The Morgan fingerprint density at radius 3 is 2.11 bits per heavy atom. The minimum Gasteiger partial charge on any atom is -0.312 e. The summed E-state index contributed by atoms with van der Waals surface area (Å²) in [4.78, 5) is 0. The zero-order chi connectivity index (χ0) is 13.6. The standard InChI is InChI=1S/C17H29N/c1-14(2)16-11-9-15(10-12-16)8-6-7-13-18-17(3,4)5/h9-12,14,18H,6-8,13H2,1-5H3. The van der Waals surface area contributed by atoms with Gasteiger partial charge in [0.25, 0.3) is 0 Å². The molecule has 1 aromatic rings. The van der Waals surface area contributed by atoms with Gasteiger partial charge in [-0.2, -0.15) is 0 Å². The molecule has 0 radical (unpaired) electrons. The highest BCUT2D eigenvalue weighted by molar-refractivity contribution is 5.24. The normalized spacial score (nSPS) is 12.1. The fraction of sp³-hybridized carbons (Fsp3) is 0.647. The fourth-order valence-corrected chi connectivity index (χ4v) is 1.99. The second-order valence-electron chi connectivity index (χ2n) is 6.53. The summed E-state index contributed by atoms with van der Waals surface area (Å²) in [5.41, 5.74) is 3.15. The summed E-state index contributed by atoms with van der Waals surface area (Å²) in [7, 11) is 0. The van der Waals surface area contributed by atoms with Crippen LogP contribution < -0.4 is 5.32 Å². The molecule has 18 heavy (non-hydrogen) atoms. The molecule has 1 rings (SSSR count). The molecule has 0 amide bonds. The van der Waals surface area contributed by atoms with E-state index in [-0.39, 0.29) is 5.54 Å². The van der Waals surface area contributed by atoms with E-state index in [1.54, 1.807) is 0 Å². The highest BCUT2D eigenvalue weighted by Crippen LogP contribution is 2.15. The van der Waals surface area contributed by atoms with E-state index in [1.165, 1.54) is 30.4 Å². The zero-order valence-corrected chi connectivity index (χ0v) is 12.7. The van der Waals surface area contributed by atoms with Crippen molar-refractivity contribution in [3.05, 3.63) is 35.4 Å². The summed E-state index contributed by atoms with van der Waals surface area (Å²) in [5, 5.41) is 3.53. The van der Waals surface area contributed by atoms with Crippen molar-refractivity contribution >= 4 is 0 Å². The van der Waals surface area contributed by atoms with Gasteiger partial charge in [-0.15, -0.1) is 0 Å². The monoisotopic (exact) mass is 247 g/mol. The van der Waals surface area contributed by atoms with Crippen molar-refractivity contribution in [1.29, 1.82) is 0 Å². The summed E-state index contributed by atoms with van der Waals surface area (Å²) < 4.78 is 0. The molecule has 0 aliphatic carbocycles. The Kier molecular flexibility index (Phi) is 5.87. The van der Waals surface area contributed by atoms with Crippen molar-refractivity contribution in [2.24, 2.45) is 0 Å². The fourth-order valence-electron chi connectivity index (χ4n) is 1.99. The van der Waals surface area contributed by atoms with Crippen molar-refractivity contribution in [2.45, 2.75) is 65.3 Å². The summed E-state index contributed by atoms with van der Waals surface area (Å²) in [6, 6.07) is 9.11. The first kappa shape index (κ1) is 15.2. The summed E-state index contributed by atoms with van der Waals surface area (Å²) in [6.07, 6.45) is 3.72. The lowest BCUT2D eigenvalue weighted by Gasteiger charge is -2.20. The van der Waals surface area contributed by atoms with Gasteiger partial charge in [-0.1, -0.05) is 38.1 Å². The Morgan fingerprint density at radius 2 is 1.61 bits per heavy atom. The van der Waals surface area contributed by atoms with Crippen LogP contribution in [0.25, 0.3) is 0 Å². The number of hydrogen-bond donors (Lipinski definition) is 1. The lowest BCUT2D eigenvalue weighted by Crippen LogP contribution is -2.36. The third kappa shape index (κ3) is 6.20. The van der Waals surface area contributed by atoms with E-state index in [0.717, 1.165) is 6.54 Å². The number of benzene rings is 1. The smallest absolute Gasteiger partial charge is 0.00965 e. The van der Waals surface area contributed by atoms with Crippen LogP contribution in [0.15, 0.2) is 24.3 Å². The van der Waals surface area contributed by atoms with Gasteiger partial charge >= 0.3 is 0 Å². The van der Waals surface area contributed by atoms with Gasteiger partial charge in [0.1, 0.15) is 0 Å². The predicted molar refractivity (Wildman–Crippen MR) is 81.2 cm³/mol. The van der Waals surface area contributed by atoms with Crippen molar-refractivity contribution in [2.75, 3.05) is 6.54 Å². The maximum absolute atomic E-state index is 3.53. The van der Waals surface area contributed by atoms with Gasteiger partial charge < -0.3 is 5.32 Å². The Morgan fingerprint density at radius 1 is 1.00 bits per heavy atom. The molecule has 0 unspecified atom stereocenters. The number of rotatable bonds is 6. The topological polar surface area (TPSA) is 12.0 Å². The van der Waals surface area contributed by atoms with Crippen LogP contribution >= 0.6 is 0 Å². The first-order valence-corrected chi connectivity index (χ1v) is 7.22. The molecule has 0 bridgehead atoms. The van der Waals surface area contributed by atoms with Crippen molar-refractivity contribution in [3.8, 4) is 0 Å². The lowest BCUT2D eigenvalue weighted by atomic mass is 10.00. The SMILES string of the molecule is CC(C)c1ccc(CCCCNC(C)(C)C)cc1. The van der Waals surface area contributed by atoms with E-state index in [4.69, 9.17) is 0 Å². The van der Waals surface area contributed by atoms with Crippen LogP contribution in [-0.2, 0) is 6.42 Å². The van der Waals surface area contributed by atoms with Crippen LogP contribution in [0.1, 0.15) is 64.5 Å². The van der Waals surface area contributed by atoms with E-state index in [2.05, 4.69) is 64.2 Å². The second kappa shape index (κ2) is 6.94. The number of unbranched alkanes of at least 4 members (excludes halogenated alkanes) is 1. The molecular formula is C17H29N. The van der Waals surface area contributed by atoms with E-state index in [0.29, 0.717) is 5.92 Å². The Bertz CT molecular complexity index is 330. The van der Waals surface area contributed by atoms with Crippen LogP contribution in [0.4, 0.5) is 0 Å². The van der Waals surface area contributed by atoms with Crippen LogP contribution in [0.3, 0.4) is 0 Å². The maximum atomic E-state index is 3.53. The zero-order valence-electron chi connectivity index (χ0n) is 12.7. The highest BCUT2D eigenvalue weighted by atomic mass is 14.9. The van der Waals surface area contributed by atoms with Crippen LogP contribution in [0, 0.1) is 0 Å². The largest absolute Gasteiger partial charge is 0.312 e. The van der Waals surface area contributed by atoms with E-state index >= 15 is 0 Å². The van der Waals surface area contributed by atoms with Gasteiger partial charge in [-0.25, -0.2) is 0 Å². The number of hydrogen-bond acceptors (Lipinski definition) is 1. The molecule has 102 valence electrons. The number of nitrogens with one attached hydrogen (secondary N) is 1. The molecule has 1 nitrogen and oxygen atoms in total. The summed E-state index contributed by atoms with van der Waals surface area (Å²) in [6.45, 7) is 12.3. The predicted octanol–water partition coefficient (Wildman–Crippen LogP) is 4.52. The Labute approximate surface area is 113 Å². The summed E-state index contributed by atoms with van der Waals surface area (Å²) >= 11 is 0. The number of aryl methyl sites for hydroxylation is 1. The molecule has 1 N–H and O–H groups in total. The lowest BCUT2D eigenvalue weighted by molar-refractivity contribution is 0.419. The minimum absolute atomic E-state index is 0.249. The van der Waals surface area contributed by atoms with Crippen LogP contribution in [0.5, 0.6) is 0 Å². The first-order valence-electron chi connectivity index (χ1n) is 7.22. The van der Waals surface area contributed by atoms with Gasteiger partial charge in [0.05, 0.1) is 0 Å². The maximum Gasteiger partial charge on any atom is 0.00965 e. The van der Waals surface area contributed by atoms with Crippen LogP contribution in [-0.4, -0.2) is 12.1 Å². The van der Waals surface area contributed by atoms with Crippen LogP contribution in [0.2, 0.25) is 0 Å². The molecular weight excluding hydrogens is 218 g/mol. The third-order valence-corrected chi connectivity index (χ3v) is 3.19. The van der Waals surface area contributed by atoms with Gasteiger partial charge in [0.2, 0.25) is 0 Å². The first-order chi connectivity index (χ1) is 8.38. The molecule has 0 saturated heterocycles. The molecule has 0 aliphatic heterocycles. The van der Waals surface area contributed by atoms with E-state index < -0.39 is 0 Å². The molecule has 1 aromatic carbocycles. The van der Waals surface area contributed by atoms with E-state index in [1.807, 2.05) is 0 Å². The molecule has 0 spiro atoms. The molecule has 1 heteroatoms. The van der Waals surface area contributed by atoms with Gasteiger partial charge in [-0.3, -0.25) is 0 Å². The molecule has 0 aliphatic rings. The highest BCUT2D eigenvalue weighted by Gasteiger charge is 2.07. The average molecular weight is 247 g/mol. The van der Waals surface area contributed by atoms with Gasteiger partial charge in [-0.05, 0) is 63.6 Å². The van der Waals surface area contributed by atoms with Crippen molar-refractivity contribution in [1.82, 2.24) is 5.32 Å². The minimum atomic E-state index is 0.249. The molecule has 0 heterocycles. The average Bonchev–Trinajstić information content (AvgIpc) is 2.27. The summed E-state index contributed by atoms with van der Waals surface area (Å²) in [5.74, 6) is 0.634. The van der Waals surface area contributed by atoms with Crippen molar-refractivity contribution in [3.63, 3.8) is 0 Å². The van der Waals surface area contributed by atoms with Gasteiger partial charge in [0, 0.05) is 5.54 Å². The second-order valence-corrected chi connectivity index (χ2v) is 6.53. The van der Waals surface area contributed by atoms with Gasteiger partial charge in [0.15, 0.2) is 0 Å². The van der Waals surface area contributed by atoms with E-state index in [9.17, 15) is 0 Å².